The van der Waals surface area contributed by atoms with Crippen LogP contribution < -0.4 is 5.32 Å². The Labute approximate surface area is 107 Å². The van der Waals surface area contributed by atoms with Crippen LogP contribution in [0.3, 0.4) is 0 Å². The number of nitriles is 1. The van der Waals surface area contributed by atoms with E-state index in [0.29, 0.717) is 12.1 Å². The molecular weight excluding hydrogens is 229 g/mol. The van der Waals surface area contributed by atoms with Gasteiger partial charge < -0.3 is 5.32 Å². The van der Waals surface area contributed by atoms with Gasteiger partial charge in [-0.3, -0.25) is 4.90 Å². The Morgan fingerprint density at radius 2 is 2.28 bits per heavy atom. The first-order chi connectivity index (χ1) is 8.60. The molecule has 1 aromatic carbocycles. The van der Waals surface area contributed by atoms with Gasteiger partial charge in [0.2, 0.25) is 0 Å². The molecule has 1 unspecified atom stereocenters. The minimum atomic E-state index is -0.460. The van der Waals surface area contributed by atoms with Crippen molar-refractivity contribution in [2.45, 2.75) is 32.4 Å². The summed E-state index contributed by atoms with van der Waals surface area (Å²) in [6.45, 7) is 6.46. The summed E-state index contributed by atoms with van der Waals surface area (Å²) in [7, 11) is 0. The van der Waals surface area contributed by atoms with Crippen LogP contribution in [0.2, 0.25) is 0 Å². The van der Waals surface area contributed by atoms with Crippen molar-refractivity contribution in [1.82, 2.24) is 4.90 Å². The molecule has 18 heavy (non-hydrogen) atoms. The van der Waals surface area contributed by atoms with Crippen LogP contribution in [0, 0.1) is 17.1 Å². The molecule has 0 aliphatic carbocycles. The van der Waals surface area contributed by atoms with Crippen molar-refractivity contribution >= 4 is 5.69 Å². The van der Waals surface area contributed by atoms with Crippen molar-refractivity contribution in [3.8, 4) is 6.07 Å². The molecule has 0 radical (unpaired) electrons. The molecule has 96 valence electrons. The maximum atomic E-state index is 13.2. The number of nitrogens with one attached hydrogen (secondary N) is 1. The zero-order chi connectivity index (χ0) is 13.1. The van der Waals surface area contributed by atoms with Crippen LogP contribution in [0.1, 0.15) is 25.8 Å². The highest BCUT2D eigenvalue weighted by Gasteiger charge is 2.23. The van der Waals surface area contributed by atoms with Crippen molar-refractivity contribution in [3.05, 3.63) is 29.6 Å². The summed E-state index contributed by atoms with van der Waals surface area (Å²) in [5, 5.41) is 12.2. The minimum Gasteiger partial charge on any atom is -0.381 e. The Morgan fingerprint density at radius 1 is 1.50 bits per heavy atom. The number of nitrogens with zero attached hydrogens (tertiary/aromatic N) is 2. The highest BCUT2D eigenvalue weighted by Crippen LogP contribution is 2.19. The largest absolute Gasteiger partial charge is 0.381 e. The smallest absolute Gasteiger partial charge is 0.141 e. The summed E-state index contributed by atoms with van der Waals surface area (Å²) < 4.78 is 13.2. The van der Waals surface area contributed by atoms with E-state index >= 15 is 0 Å². The lowest BCUT2D eigenvalue weighted by molar-refractivity contribution is 0.274. The quantitative estimate of drug-likeness (QED) is 0.892. The van der Waals surface area contributed by atoms with Gasteiger partial charge in [0.25, 0.3) is 0 Å². The zero-order valence-electron chi connectivity index (χ0n) is 10.8. The molecule has 0 spiro atoms. The standard InChI is InChI=1S/C14H18FN3/c1-10(2)18-6-5-13(9-18)17-12-3-4-14(15)11(7-12)8-16/h3-4,7,10,13,17H,5-6,9H2,1-2H3. The number of rotatable bonds is 3. The van der Waals surface area contributed by atoms with Crippen molar-refractivity contribution < 1.29 is 4.39 Å². The predicted octanol–water partition coefficient (Wildman–Crippen LogP) is 2.59. The van der Waals surface area contributed by atoms with Gasteiger partial charge in [0, 0.05) is 30.9 Å². The SMILES string of the molecule is CC(C)N1CCC(Nc2ccc(F)c(C#N)c2)C1. The van der Waals surface area contributed by atoms with E-state index in [9.17, 15) is 4.39 Å². The fourth-order valence-electron chi connectivity index (χ4n) is 2.31. The first kappa shape index (κ1) is 12.8. The maximum absolute atomic E-state index is 13.2. The van der Waals surface area contributed by atoms with E-state index in [-0.39, 0.29) is 5.56 Å². The average Bonchev–Trinajstić information content (AvgIpc) is 2.80. The molecule has 0 amide bonds. The molecule has 0 aromatic heterocycles. The Balaban J connectivity index is 2.01. The van der Waals surface area contributed by atoms with E-state index in [4.69, 9.17) is 5.26 Å². The van der Waals surface area contributed by atoms with Gasteiger partial charge in [-0.25, -0.2) is 4.39 Å². The summed E-state index contributed by atoms with van der Waals surface area (Å²) in [6.07, 6.45) is 1.08. The summed E-state index contributed by atoms with van der Waals surface area (Å²) in [5.41, 5.74) is 0.919. The zero-order valence-corrected chi connectivity index (χ0v) is 10.8. The maximum Gasteiger partial charge on any atom is 0.141 e. The van der Waals surface area contributed by atoms with Crippen molar-refractivity contribution in [1.29, 1.82) is 5.26 Å². The van der Waals surface area contributed by atoms with E-state index in [1.54, 1.807) is 12.1 Å². The highest BCUT2D eigenvalue weighted by molar-refractivity contribution is 5.50. The number of benzene rings is 1. The third-order valence-corrected chi connectivity index (χ3v) is 3.41. The molecule has 3 nitrogen and oxygen atoms in total. The first-order valence-corrected chi connectivity index (χ1v) is 6.30. The lowest BCUT2D eigenvalue weighted by atomic mass is 10.2. The van der Waals surface area contributed by atoms with Gasteiger partial charge in [-0.05, 0) is 38.5 Å². The van der Waals surface area contributed by atoms with Crippen LogP contribution in [0.5, 0.6) is 0 Å². The van der Waals surface area contributed by atoms with Crippen LogP contribution in [0.15, 0.2) is 18.2 Å². The van der Waals surface area contributed by atoms with Crippen LogP contribution in [-0.4, -0.2) is 30.1 Å². The molecule has 1 aromatic rings. The van der Waals surface area contributed by atoms with Gasteiger partial charge >= 0.3 is 0 Å². The van der Waals surface area contributed by atoms with E-state index in [1.807, 2.05) is 6.07 Å². The van der Waals surface area contributed by atoms with Gasteiger partial charge in [-0.1, -0.05) is 0 Å². The van der Waals surface area contributed by atoms with Crippen molar-refractivity contribution in [2.24, 2.45) is 0 Å². The second-order valence-electron chi connectivity index (χ2n) is 5.03. The Bertz CT molecular complexity index is 465. The first-order valence-electron chi connectivity index (χ1n) is 6.30. The highest BCUT2D eigenvalue weighted by atomic mass is 19.1. The summed E-state index contributed by atoms with van der Waals surface area (Å²) >= 11 is 0. The number of hydrogen-bond donors (Lipinski definition) is 1. The second kappa shape index (κ2) is 5.36. The van der Waals surface area contributed by atoms with Gasteiger partial charge in [-0.2, -0.15) is 5.26 Å². The number of halogens is 1. The fraction of sp³-hybridized carbons (Fsp3) is 0.500. The van der Waals surface area contributed by atoms with E-state index < -0.39 is 5.82 Å². The minimum absolute atomic E-state index is 0.0960. The Kier molecular flexibility index (Phi) is 3.83. The molecule has 4 heteroatoms. The number of likely N-dealkylation sites (tertiary alicyclic amines) is 1. The van der Waals surface area contributed by atoms with Gasteiger partial charge in [-0.15, -0.1) is 0 Å². The summed E-state index contributed by atoms with van der Waals surface area (Å²) in [5.74, 6) is -0.460. The van der Waals surface area contributed by atoms with Crippen LogP contribution in [0.25, 0.3) is 0 Å². The Hall–Kier alpha value is -1.60. The van der Waals surface area contributed by atoms with E-state index in [1.165, 1.54) is 6.07 Å². The van der Waals surface area contributed by atoms with E-state index in [0.717, 1.165) is 25.2 Å². The second-order valence-corrected chi connectivity index (χ2v) is 5.03. The fourth-order valence-corrected chi connectivity index (χ4v) is 2.31. The van der Waals surface area contributed by atoms with Crippen LogP contribution in [0.4, 0.5) is 10.1 Å². The number of hydrogen-bond acceptors (Lipinski definition) is 3. The lowest BCUT2D eigenvalue weighted by Gasteiger charge is -2.20. The summed E-state index contributed by atoms with van der Waals surface area (Å²) in [6, 6.07) is 7.41. The van der Waals surface area contributed by atoms with Crippen molar-refractivity contribution in [3.63, 3.8) is 0 Å². The normalized spacial score (nSPS) is 20.1. The van der Waals surface area contributed by atoms with E-state index in [2.05, 4.69) is 24.1 Å². The third-order valence-electron chi connectivity index (χ3n) is 3.41. The average molecular weight is 247 g/mol. The molecule has 1 heterocycles. The molecular formula is C14H18FN3. The third kappa shape index (κ3) is 2.80. The molecule has 2 rings (SSSR count). The molecule has 1 saturated heterocycles. The van der Waals surface area contributed by atoms with Crippen LogP contribution >= 0.6 is 0 Å². The van der Waals surface area contributed by atoms with Gasteiger partial charge in [0.05, 0.1) is 5.56 Å². The van der Waals surface area contributed by atoms with Gasteiger partial charge in [0.1, 0.15) is 11.9 Å². The van der Waals surface area contributed by atoms with Crippen molar-refractivity contribution in [2.75, 3.05) is 18.4 Å². The predicted molar refractivity (Wildman–Crippen MR) is 69.9 cm³/mol. The molecule has 1 atom stereocenters. The monoisotopic (exact) mass is 247 g/mol. The molecule has 0 saturated carbocycles. The topological polar surface area (TPSA) is 39.1 Å². The lowest BCUT2D eigenvalue weighted by Crippen LogP contribution is -2.31. The molecule has 0 bridgehead atoms. The molecule has 1 fully saturated rings. The Morgan fingerprint density at radius 3 is 2.89 bits per heavy atom. The van der Waals surface area contributed by atoms with Crippen LogP contribution in [-0.2, 0) is 0 Å². The number of anilines is 1. The summed E-state index contributed by atoms with van der Waals surface area (Å²) in [4.78, 5) is 2.41. The van der Waals surface area contributed by atoms with Gasteiger partial charge in [0.15, 0.2) is 0 Å². The molecule has 1 aliphatic heterocycles. The molecule has 1 N–H and O–H groups in total. The molecule has 1 aliphatic rings.